The van der Waals surface area contributed by atoms with E-state index in [1.165, 1.54) is 29.0 Å². The van der Waals surface area contributed by atoms with Crippen LogP contribution in [0.1, 0.15) is 24.6 Å². The molecule has 0 aromatic carbocycles. The van der Waals surface area contributed by atoms with Gasteiger partial charge in [0.1, 0.15) is 5.82 Å². The van der Waals surface area contributed by atoms with E-state index in [0.717, 1.165) is 22.6 Å². The van der Waals surface area contributed by atoms with Crippen molar-refractivity contribution in [2.24, 2.45) is 0 Å². The summed E-state index contributed by atoms with van der Waals surface area (Å²) in [5.41, 5.74) is 4.72. The second kappa shape index (κ2) is 7.78. The van der Waals surface area contributed by atoms with E-state index in [-0.39, 0.29) is 11.5 Å². The molecular weight excluding hydrogens is 328 g/mol. The zero-order chi connectivity index (χ0) is 17.7. The molecule has 2 rings (SSSR count). The predicted octanol–water partition coefficient (Wildman–Crippen LogP) is 1.66. The maximum Gasteiger partial charge on any atom is 0.330 e. The van der Waals surface area contributed by atoms with E-state index in [0.29, 0.717) is 6.54 Å². The van der Waals surface area contributed by atoms with Gasteiger partial charge in [0.05, 0.1) is 0 Å². The molecule has 0 radical (unpaired) electrons. The summed E-state index contributed by atoms with van der Waals surface area (Å²) >= 11 is 1.50. The zero-order valence-corrected chi connectivity index (χ0v) is 14.4. The monoisotopic (exact) mass is 348 g/mol. The number of H-pyrrole nitrogens is 1. The number of amides is 1. The molecule has 2 aromatic heterocycles. The second-order valence-electron chi connectivity index (χ2n) is 5.24. The molecule has 24 heavy (non-hydrogen) atoms. The van der Waals surface area contributed by atoms with Crippen molar-refractivity contribution in [3.63, 3.8) is 0 Å². The van der Waals surface area contributed by atoms with E-state index in [1.807, 2.05) is 24.4 Å². The number of nitrogens with two attached hydrogens (primary N) is 1. The maximum absolute atomic E-state index is 12.3. The van der Waals surface area contributed by atoms with Crippen LogP contribution in [0.3, 0.4) is 0 Å². The zero-order valence-electron chi connectivity index (χ0n) is 13.6. The van der Waals surface area contributed by atoms with Gasteiger partial charge in [-0.25, -0.2) is 4.79 Å². The summed E-state index contributed by atoms with van der Waals surface area (Å²) in [6.07, 6.45) is 4.65. The Labute approximate surface area is 143 Å². The van der Waals surface area contributed by atoms with Crippen LogP contribution in [0.25, 0.3) is 6.08 Å². The summed E-state index contributed by atoms with van der Waals surface area (Å²) in [4.78, 5) is 40.6. The number of thiophene rings is 1. The number of nitrogens with one attached hydrogen (secondary N) is 1. The number of likely N-dealkylation sites (N-methyl/N-ethyl adjacent to an activating group) is 1. The minimum absolute atomic E-state index is 0.00225. The molecule has 128 valence electrons. The van der Waals surface area contributed by atoms with Crippen molar-refractivity contribution in [2.75, 3.05) is 17.7 Å². The highest BCUT2D eigenvalue weighted by Crippen LogP contribution is 2.17. The number of aromatic amines is 1. The lowest BCUT2D eigenvalue weighted by atomic mass is 10.3. The number of carbonyl (C=O) groups is 1. The van der Waals surface area contributed by atoms with Crippen molar-refractivity contribution in [1.82, 2.24) is 9.55 Å². The van der Waals surface area contributed by atoms with E-state index in [2.05, 4.69) is 4.98 Å². The fraction of sp³-hybridized carbons (Fsp3) is 0.312. The summed E-state index contributed by atoms with van der Waals surface area (Å²) in [5.74, 6) is -0.404. The molecule has 0 saturated heterocycles. The van der Waals surface area contributed by atoms with Crippen LogP contribution in [0.4, 0.5) is 11.5 Å². The number of anilines is 2. The van der Waals surface area contributed by atoms with E-state index in [9.17, 15) is 14.4 Å². The van der Waals surface area contributed by atoms with Crippen molar-refractivity contribution >= 4 is 34.8 Å². The summed E-state index contributed by atoms with van der Waals surface area (Å²) in [6, 6.07) is 3.76. The first-order valence-corrected chi connectivity index (χ1v) is 8.45. The fourth-order valence-corrected chi connectivity index (χ4v) is 2.82. The summed E-state index contributed by atoms with van der Waals surface area (Å²) in [6.45, 7) is 2.37. The van der Waals surface area contributed by atoms with Crippen LogP contribution in [-0.4, -0.2) is 22.5 Å². The van der Waals surface area contributed by atoms with Gasteiger partial charge in [0, 0.05) is 24.5 Å². The van der Waals surface area contributed by atoms with Gasteiger partial charge < -0.3 is 10.6 Å². The molecule has 3 N–H and O–H groups in total. The highest BCUT2D eigenvalue weighted by molar-refractivity contribution is 7.10. The van der Waals surface area contributed by atoms with Crippen LogP contribution >= 0.6 is 11.3 Å². The Kier molecular flexibility index (Phi) is 5.75. The standard InChI is InChI=1S/C16H20N4O3S/c1-3-4-9-20-14(17)13(15(22)18-16(20)23)19(2)12(21)8-7-11-6-5-10-24-11/h5-8,10H,3-4,9,17H2,1-2H3,(H,18,22,23). The smallest absolute Gasteiger partial charge is 0.330 e. The molecule has 0 saturated carbocycles. The molecule has 0 aliphatic rings. The highest BCUT2D eigenvalue weighted by atomic mass is 32.1. The molecule has 0 aliphatic carbocycles. The molecule has 0 spiro atoms. The molecular formula is C16H20N4O3S. The van der Waals surface area contributed by atoms with E-state index in [4.69, 9.17) is 5.73 Å². The maximum atomic E-state index is 12.3. The van der Waals surface area contributed by atoms with Gasteiger partial charge >= 0.3 is 5.69 Å². The van der Waals surface area contributed by atoms with Gasteiger partial charge in [-0.05, 0) is 23.9 Å². The Bertz CT molecular complexity index is 849. The van der Waals surface area contributed by atoms with Crippen molar-refractivity contribution in [2.45, 2.75) is 26.3 Å². The van der Waals surface area contributed by atoms with E-state index < -0.39 is 17.2 Å². The molecule has 0 atom stereocenters. The number of nitrogen functional groups attached to an aromatic ring is 1. The lowest BCUT2D eigenvalue weighted by Crippen LogP contribution is -2.38. The third kappa shape index (κ3) is 3.83. The average Bonchev–Trinajstić information content (AvgIpc) is 3.05. The highest BCUT2D eigenvalue weighted by Gasteiger charge is 2.19. The molecule has 1 amide bonds. The van der Waals surface area contributed by atoms with Gasteiger partial charge in [0.15, 0.2) is 5.69 Å². The fourth-order valence-electron chi connectivity index (χ4n) is 2.20. The molecule has 8 heteroatoms. The Morgan fingerprint density at radius 1 is 1.46 bits per heavy atom. The molecule has 2 aromatic rings. The summed E-state index contributed by atoms with van der Waals surface area (Å²) in [5, 5.41) is 1.90. The molecule has 0 unspecified atom stereocenters. The van der Waals surface area contributed by atoms with Gasteiger partial charge in [-0.3, -0.25) is 19.1 Å². The number of unbranched alkanes of at least 4 members (excludes halogenated alkanes) is 1. The summed E-state index contributed by atoms with van der Waals surface area (Å²) < 4.78 is 1.28. The number of nitrogens with zero attached hydrogens (tertiary/aromatic N) is 2. The minimum Gasteiger partial charge on any atom is -0.383 e. The van der Waals surface area contributed by atoms with E-state index in [1.54, 1.807) is 6.08 Å². The van der Waals surface area contributed by atoms with Crippen LogP contribution in [0.5, 0.6) is 0 Å². The van der Waals surface area contributed by atoms with Crippen LogP contribution in [0, 0.1) is 0 Å². The normalized spacial score (nSPS) is 11.1. The molecule has 7 nitrogen and oxygen atoms in total. The quantitative estimate of drug-likeness (QED) is 0.775. The van der Waals surface area contributed by atoms with Crippen LogP contribution in [-0.2, 0) is 11.3 Å². The lowest BCUT2D eigenvalue weighted by Gasteiger charge is -2.19. The predicted molar refractivity (Wildman–Crippen MR) is 97.4 cm³/mol. The Balaban J connectivity index is 2.34. The van der Waals surface area contributed by atoms with Gasteiger partial charge in [-0.2, -0.15) is 0 Å². The molecule has 0 aliphatic heterocycles. The van der Waals surface area contributed by atoms with Crippen molar-refractivity contribution < 1.29 is 4.79 Å². The Hall–Kier alpha value is -2.61. The van der Waals surface area contributed by atoms with Crippen molar-refractivity contribution in [3.05, 3.63) is 49.3 Å². The Morgan fingerprint density at radius 3 is 2.83 bits per heavy atom. The third-order valence-corrected chi connectivity index (χ3v) is 4.39. The Morgan fingerprint density at radius 2 is 2.21 bits per heavy atom. The first-order valence-electron chi connectivity index (χ1n) is 7.57. The largest absolute Gasteiger partial charge is 0.383 e. The topological polar surface area (TPSA) is 101 Å². The number of carbonyl (C=O) groups excluding carboxylic acids is 1. The first kappa shape index (κ1) is 17.7. The second-order valence-corrected chi connectivity index (χ2v) is 6.22. The van der Waals surface area contributed by atoms with Gasteiger partial charge in [0.25, 0.3) is 11.5 Å². The van der Waals surface area contributed by atoms with E-state index >= 15 is 0 Å². The van der Waals surface area contributed by atoms with Crippen molar-refractivity contribution in [1.29, 1.82) is 0 Å². The number of aromatic nitrogens is 2. The third-order valence-electron chi connectivity index (χ3n) is 3.55. The molecule has 0 bridgehead atoms. The SMILES string of the molecule is CCCCn1c(N)c(N(C)C(=O)C=Cc2cccs2)c(=O)[nH]c1=O. The van der Waals surface area contributed by atoms with Crippen LogP contribution in [0.15, 0.2) is 33.2 Å². The first-order chi connectivity index (χ1) is 11.5. The van der Waals surface area contributed by atoms with Crippen LogP contribution < -0.4 is 21.9 Å². The van der Waals surface area contributed by atoms with Gasteiger partial charge in [0.2, 0.25) is 0 Å². The average molecular weight is 348 g/mol. The number of hydrogen-bond acceptors (Lipinski definition) is 5. The van der Waals surface area contributed by atoms with Crippen molar-refractivity contribution in [3.8, 4) is 0 Å². The minimum atomic E-state index is -0.675. The van der Waals surface area contributed by atoms with Crippen LogP contribution in [0.2, 0.25) is 0 Å². The summed E-state index contributed by atoms with van der Waals surface area (Å²) in [7, 11) is 1.46. The van der Waals surface area contributed by atoms with Gasteiger partial charge in [-0.15, -0.1) is 11.3 Å². The molecule has 2 heterocycles. The lowest BCUT2D eigenvalue weighted by molar-refractivity contribution is -0.113. The number of rotatable bonds is 6. The van der Waals surface area contributed by atoms with Gasteiger partial charge in [-0.1, -0.05) is 19.4 Å². The number of hydrogen-bond donors (Lipinski definition) is 2. The molecule has 0 fully saturated rings.